The van der Waals surface area contributed by atoms with Crippen LogP contribution in [0.25, 0.3) is 6.08 Å². The van der Waals surface area contributed by atoms with Crippen LogP contribution in [-0.4, -0.2) is 41.1 Å². The molecule has 1 aliphatic rings. The molecule has 7 heteroatoms. The molecule has 120 valence electrons. The number of hydrogen-bond acceptors (Lipinski definition) is 5. The predicted octanol–water partition coefficient (Wildman–Crippen LogP) is 2.76. The minimum Gasteiger partial charge on any atom is -0.477 e. The van der Waals surface area contributed by atoms with Gasteiger partial charge in [-0.2, -0.15) is 0 Å². The number of aliphatic hydroxyl groups is 1. The molecule has 5 nitrogen and oxygen atoms in total. The monoisotopic (exact) mass is 324 g/mol. The van der Waals surface area contributed by atoms with Crippen molar-refractivity contribution >= 4 is 30.5 Å². The Kier molecular flexibility index (Phi) is 4.55. The van der Waals surface area contributed by atoms with Gasteiger partial charge in [-0.05, 0) is 57.8 Å². The Balaban J connectivity index is 2.31. The van der Waals surface area contributed by atoms with Gasteiger partial charge in [0.15, 0.2) is 0 Å². The van der Waals surface area contributed by atoms with E-state index in [2.05, 4.69) is 0 Å². The van der Waals surface area contributed by atoms with Crippen LogP contribution in [0.15, 0.2) is 11.5 Å². The average Bonchev–Trinajstić information content (AvgIpc) is 2.85. The summed E-state index contributed by atoms with van der Waals surface area (Å²) in [5.41, 5.74) is 0.469. The van der Waals surface area contributed by atoms with E-state index in [1.54, 1.807) is 12.1 Å². The highest BCUT2D eigenvalue weighted by Gasteiger charge is 2.52. The van der Waals surface area contributed by atoms with Crippen molar-refractivity contribution in [2.75, 3.05) is 6.61 Å². The van der Waals surface area contributed by atoms with Gasteiger partial charge in [0.1, 0.15) is 4.88 Å². The summed E-state index contributed by atoms with van der Waals surface area (Å²) in [7, 11) is -0.634. The van der Waals surface area contributed by atoms with Crippen molar-refractivity contribution in [1.29, 1.82) is 0 Å². The zero-order valence-electron chi connectivity index (χ0n) is 13.5. The van der Waals surface area contributed by atoms with E-state index >= 15 is 0 Å². The zero-order valence-corrected chi connectivity index (χ0v) is 14.3. The van der Waals surface area contributed by atoms with Crippen LogP contribution in [0.1, 0.15) is 47.8 Å². The number of hydrogen-bond donors (Lipinski definition) is 2. The normalized spacial score (nSPS) is 20.5. The predicted molar refractivity (Wildman–Crippen MR) is 87.2 cm³/mol. The van der Waals surface area contributed by atoms with E-state index in [0.29, 0.717) is 5.47 Å². The number of aliphatic hydroxyl groups excluding tert-OH is 1. The van der Waals surface area contributed by atoms with Gasteiger partial charge >= 0.3 is 13.1 Å². The van der Waals surface area contributed by atoms with E-state index in [-0.39, 0.29) is 11.5 Å². The van der Waals surface area contributed by atoms with Crippen LogP contribution in [-0.2, 0) is 9.31 Å². The number of thiophene rings is 1. The Morgan fingerprint density at radius 2 is 1.86 bits per heavy atom. The second-order valence-corrected chi connectivity index (χ2v) is 7.51. The van der Waals surface area contributed by atoms with E-state index in [4.69, 9.17) is 14.4 Å². The van der Waals surface area contributed by atoms with Crippen LogP contribution >= 0.6 is 11.3 Å². The van der Waals surface area contributed by atoms with Gasteiger partial charge in [0, 0.05) is 4.88 Å². The van der Waals surface area contributed by atoms with Gasteiger partial charge in [-0.15, -0.1) is 11.3 Å². The smallest absolute Gasteiger partial charge is 0.477 e. The van der Waals surface area contributed by atoms with Gasteiger partial charge in [-0.3, -0.25) is 0 Å². The highest BCUT2D eigenvalue weighted by molar-refractivity contribution is 7.15. The first kappa shape index (κ1) is 17.2. The second kappa shape index (κ2) is 5.81. The lowest BCUT2D eigenvalue weighted by Gasteiger charge is -2.32. The maximum Gasteiger partial charge on any atom is 0.492 e. The maximum absolute atomic E-state index is 11.0. The van der Waals surface area contributed by atoms with Gasteiger partial charge in [-0.25, -0.2) is 4.79 Å². The fourth-order valence-electron chi connectivity index (χ4n) is 2.10. The summed E-state index contributed by atoms with van der Waals surface area (Å²) in [4.78, 5) is 12.1. The lowest BCUT2D eigenvalue weighted by atomic mass is 9.78. The van der Waals surface area contributed by atoms with Crippen molar-refractivity contribution in [2.45, 2.75) is 45.8 Å². The average molecular weight is 324 g/mol. The lowest BCUT2D eigenvalue weighted by Crippen LogP contribution is -2.41. The molecule has 1 saturated heterocycles. The number of carboxylic acid groups (broad SMARTS) is 1. The molecule has 0 atom stereocenters. The molecule has 0 radical (unpaired) electrons. The molecule has 0 saturated carbocycles. The fourth-order valence-corrected chi connectivity index (χ4v) is 3.09. The number of carboxylic acids is 1. The summed E-state index contributed by atoms with van der Waals surface area (Å²) in [6, 6.07) is 1.62. The minimum absolute atomic E-state index is 0.212. The molecule has 1 aliphatic heterocycles. The Hall–Kier alpha value is -1.15. The zero-order chi connectivity index (χ0) is 16.7. The van der Waals surface area contributed by atoms with Crippen molar-refractivity contribution in [3.63, 3.8) is 0 Å². The molecule has 1 fully saturated rings. The van der Waals surface area contributed by atoms with Crippen LogP contribution in [0, 0.1) is 6.92 Å². The third-order valence-corrected chi connectivity index (χ3v) is 5.39. The second-order valence-electron chi connectivity index (χ2n) is 6.43. The lowest BCUT2D eigenvalue weighted by molar-refractivity contribution is 0.00578. The van der Waals surface area contributed by atoms with E-state index in [1.807, 2.05) is 34.6 Å². The molecular formula is C15H21BO5S. The molecule has 1 aromatic heterocycles. The molecule has 0 unspecified atom stereocenters. The van der Waals surface area contributed by atoms with Gasteiger partial charge in [0.05, 0.1) is 17.8 Å². The Bertz CT molecular complexity index is 601. The Morgan fingerprint density at radius 1 is 1.32 bits per heavy atom. The molecule has 2 N–H and O–H groups in total. The molecule has 1 aromatic rings. The number of carbonyl (C=O) groups is 1. The molecule has 0 bridgehead atoms. The first-order valence-electron chi connectivity index (χ1n) is 7.08. The van der Waals surface area contributed by atoms with Crippen molar-refractivity contribution < 1.29 is 24.3 Å². The van der Waals surface area contributed by atoms with Gasteiger partial charge < -0.3 is 19.5 Å². The fraction of sp³-hybridized carbons (Fsp3) is 0.533. The molecule has 2 rings (SSSR count). The van der Waals surface area contributed by atoms with Crippen molar-refractivity contribution in [3.8, 4) is 0 Å². The SMILES string of the molecule is Cc1cc(C(=O)O)sc1C=C(CO)B1OC(C)(C)C(C)(C)O1. The molecule has 0 aliphatic carbocycles. The summed E-state index contributed by atoms with van der Waals surface area (Å²) < 4.78 is 11.8. The molecular weight excluding hydrogens is 303 g/mol. The summed E-state index contributed by atoms with van der Waals surface area (Å²) in [6.45, 7) is 9.41. The largest absolute Gasteiger partial charge is 0.492 e. The number of aromatic carboxylic acids is 1. The molecule has 22 heavy (non-hydrogen) atoms. The van der Waals surface area contributed by atoms with E-state index in [1.165, 1.54) is 11.3 Å². The molecule has 0 amide bonds. The van der Waals surface area contributed by atoms with Gasteiger partial charge in [-0.1, -0.05) is 0 Å². The van der Waals surface area contributed by atoms with Crippen molar-refractivity contribution in [2.24, 2.45) is 0 Å². The summed E-state index contributed by atoms with van der Waals surface area (Å²) in [6.07, 6.45) is 1.76. The first-order valence-corrected chi connectivity index (χ1v) is 7.90. The third kappa shape index (κ3) is 3.13. The van der Waals surface area contributed by atoms with Crippen LogP contribution in [0.3, 0.4) is 0 Å². The molecule has 0 spiro atoms. The van der Waals surface area contributed by atoms with E-state index < -0.39 is 24.3 Å². The highest BCUT2D eigenvalue weighted by Crippen LogP contribution is 2.39. The molecule has 0 aromatic carbocycles. The minimum atomic E-state index is -0.950. The highest BCUT2D eigenvalue weighted by atomic mass is 32.1. The third-order valence-electron chi connectivity index (χ3n) is 4.22. The van der Waals surface area contributed by atoms with Crippen molar-refractivity contribution in [3.05, 3.63) is 26.9 Å². The van der Waals surface area contributed by atoms with E-state index in [9.17, 15) is 9.90 Å². The van der Waals surface area contributed by atoms with Gasteiger partial charge in [0.2, 0.25) is 0 Å². The summed E-state index contributed by atoms with van der Waals surface area (Å²) in [5.74, 6) is -0.950. The number of rotatable bonds is 4. The standard InChI is InChI=1S/C15H21BO5S/c1-9-6-12(13(18)19)22-11(9)7-10(8-17)16-20-14(2,3)15(4,5)21-16/h6-7,17H,8H2,1-5H3,(H,18,19). The number of aryl methyl sites for hydroxylation is 1. The van der Waals surface area contributed by atoms with Crippen molar-refractivity contribution in [1.82, 2.24) is 0 Å². The summed E-state index contributed by atoms with van der Waals surface area (Å²) in [5, 5.41) is 18.7. The Morgan fingerprint density at radius 3 is 2.27 bits per heavy atom. The quantitative estimate of drug-likeness (QED) is 0.833. The molecule has 2 heterocycles. The van der Waals surface area contributed by atoms with Crippen LogP contribution in [0.4, 0.5) is 0 Å². The first-order chi connectivity index (χ1) is 10.1. The van der Waals surface area contributed by atoms with Gasteiger partial charge in [0.25, 0.3) is 0 Å². The van der Waals surface area contributed by atoms with Crippen LogP contribution < -0.4 is 0 Å². The maximum atomic E-state index is 11.0. The Labute approximate surface area is 134 Å². The summed E-state index contributed by atoms with van der Waals surface area (Å²) >= 11 is 1.17. The van der Waals surface area contributed by atoms with Crippen LogP contribution in [0.2, 0.25) is 0 Å². The van der Waals surface area contributed by atoms with E-state index in [0.717, 1.165) is 10.4 Å². The topological polar surface area (TPSA) is 76.0 Å². The van der Waals surface area contributed by atoms with Crippen LogP contribution in [0.5, 0.6) is 0 Å².